The van der Waals surface area contributed by atoms with E-state index < -0.39 is 0 Å². The lowest BCUT2D eigenvalue weighted by Crippen LogP contribution is -2.10. The minimum atomic E-state index is -0.128. The van der Waals surface area contributed by atoms with Gasteiger partial charge >= 0.3 is 0 Å². The summed E-state index contributed by atoms with van der Waals surface area (Å²) in [6, 6.07) is 25.0. The second-order valence-electron chi connectivity index (χ2n) is 6.30. The van der Waals surface area contributed by atoms with E-state index >= 15 is 0 Å². The lowest BCUT2D eigenvalue weighted by molar-refractivity contribution is 0.417. The van der Waals surface area contributed by atoms with Gasteiger partial charge in [-0.05, 0) is 55.3 Å². The van der Waals surface area contributed by atoms with Gasteiger partial charge in [0, 0.05) is 6.04 Å². The van der Waals surface area contributed by atoms with Crippen molar-refractivity contribution in [2.75, 3.05) is 0 Å². The van der Waals surface area contributed by atoms with Gasteiger partial charge in [-0.2, -0.15) is 0 Å². The van der Waals surface area contributed by atoms with Gasteiger partial charge in [0.25, 0.3) is 0 Å². The molecule has 0 fully saturated rings. The van der Waals surface area contributed by atoms with E-state index in [-0.39, 0.29) is 6.04 Å². The van der Waals surface area contributed by atoms with Crippen LogP contribution < -0.4 is 15.2 Å². The Balaban J connectivity index is 1.93. The van der Waals surface area contributed by atoms with Crippen molar-refractivity contribution in [2.24, 2.45) is 5.73 Å². The van der Waals surface area contributed by atoms with Crippen molar-refractivity contribution in [1.29, 1.82) is 0 Å². The summed E-state index contributed by atoms with van der Waals surface area (Å²) in [5.41, 5.74) is 8.34. The Hall–Kier alpha value is -3.04. The third-order valence-corrected chi connectivity index (χ3v) is 3.91. The van der Waals surface area contributed by atoms with Gasteiger partial charge in [0.15, 0.2) is 11.5 Å². The summed E-state index contributed by atoms with van der Waals surface area (Å²) in [4.78, 5) is 0. The Morgan fingerprint density at radius 2 is 1.38 bits per heavy atom. The van der Waals surface area contributed by atoms with Crippen LogP contribution >= 0.6 is 0 Å². The number of nitrogens with two attached hydrogens (primary N) is 1. The molecule has 0 unspecified atom stereocenters. The Bertz CT molecular complexity index is 860. The maximum Gasteiger partial charge on any atom is 0.170 e. The van der Waals surface area contributed by atoms with E-state index in [0.29, 0.717) is 11.5 Å². The average Bonchev–Trinajstić information content (AvgIpc) is 2.64. The fourth-order valence-corrected chi connectivity index (χ4v) is 2.64. The lowest BCUT2D eigenvalue weighted by Gasteiger charge is -2.17. The number of hydrogen-bond donors (Lipinski definition) is 1. The van der Waals surface area contributed by atoms with Gasteiger partial charge < -0.3 is 15.2 Å². The summed E-state index contributed by atoms with van der Waals surface area (Å²) in [7, 11) is 0. The summed E-state index contributed by atoms with van der Waals surface area (Å²) < 4.78 is 12.1. The zero-order chi connectivity index (χ0) is 18.4. The molecule has 3 aromatic carbocycles. The highest BCUT2D eigenvalue weighted by Crippen LogP contribution is 2.37. The quantitative estimate of drug-likeness (QED) is 0.516. The molecule has 0 amide bonds. The van der Waals surface area contributed by atoms with Crippen LogP contribution in [0.4, 0.5) is 0 Å². The number of ether oxygens (including phenoxy) is 2. The molecule has 0 spiro atoms. The van der Waals surface area contributed by atoms with Crippen LogP contribution in [-0.4, -0.2) is 0 Å². The SMILES string of the molecule is C=C(C)C[C@H](N)c1ccc(Oc2ccccc2)c(Oc2ccccc2)c1. The van der Waals surface area contributed by atoms with Crippen LogP contribution in [0.15, 0.2) is 91.0 Å². The summed E-state index contributed by atoms with van der Waals surface area (Å²) in [5.74, 6) is 2.78. The second-order valence-corrected chi connectivity index (χ2v) is 6.30. The first-order valence-electron chi connectivity index (χ1n) is 8.61. The number of rotatable bonds is 7. The molecule has 3 heteroatoms. The highest BCUT2D eigenvalue weighted by Gasteiger charge is 2.13. The molecular weight excluding hydrogens is 322 g/mol. The zero-order valence-electron chi connectivity index (χ0n) is 14.9. The van der Waals surface area contributed by atoms with Gasteiger partial charge in [-0.3, -0.25) is 0 Å². The summed E-state index contributed by atoms with van der Waals surface area (Å²) in [5, 5.41) is 0. The van der Waals surface area contributed by atoms with E-state index in [0.717, 1.165) is 29.1 Å². The van der Waals surface area contributed by atoms with E-state index in [2.05, 4.69) is 6.58 Å². The van der Waals surface area contributed by atoms with Gasteiger partial charge in [0.05, 0.1) is 0 Å². The first-order chi connectivity index (χ1) is 12.6. The Kier molecular flexibility index (Phi) is 5.72. The van der Waals surface area contributed by atoms with Gasteiger partial charge in [0.2, 0.25) is 0 Å². The number of benzene rings is 3. The predicted octanol–water partition coefficient (Wildman–Crippen LogP) is 6.24. The van der Waals surface area contributed by atoms with E-state index in [9.17, 15) is 0 Å². The van der Waals surface area contributed by atoms with Crippen LogP contribution in [0.1, 0.15) is 24.9 Å². The molecule has 2 N–H and O–H groups in total. The minimum absolute atomic E-state index is 0.128. The minimum Gasteiger partial charge on any atom is -0.453 e. The van der Waals surface area contributed by atoms with Gasteiger partial charge in [0.1, 0.15) is 11.5 Å². The third-order valence-electron chi connectivity index (χ3n) is 3.91. The average molecular weight is 345 g/mol. The van der Waals surface area contributed by atoms with E-state index in [1.807, 2.05) is 85.8 Å². The van der Waals surface area contributed by atoms with E-state index in [1.165, 1.54) is 0 Å². The summed E-state index contributed by atoms with van der Waals surface area (Å²) in [6.45, 7) is 5.93. The molecule has 0 aliphatic heterocycles. The molecule has 26 heavy (non-hydrogen) atoms. The van der Waals surface area contributed by atoms with Crippen molar-refractivity contribution in [1.82, 2.24) is 0 Å². The molecule has 1 atom stereocenters. The normalized spacial score (nSPS) is 11.6. The standard InChI is InChI=1S/C23H23NO2/c1-17(2)15-21(24)18-13-14-22(25-19-9-5-3-6-10-19)23(16-18)26-20-11-7-4-8-12-20/h3-14,16,21H,1,15,24H2,2H3/t21-/m0/s1. The lowest BCUT2D eigenvalue weighted by atomic mass is 10.0. The van der Waals surface area contributed by atoms with Crippen LogP contribution in [-0.2, 0) is 0 Å². The first kappa shape index (κ1) is 17.8. The molecule has 0 aliphatic rings. The van der Waals surface area contributed by atoms with Crippen LogP contribution in [0.5, 0.6) is 23.0 Å². The molecule has 3 aromatic rings. The molecule has 0 aromatic heterocycles. The molecule has 132 valence electrons. The van der Waals surface area contributed by atoms with Crippen LogP contribution in [0.25, 0.3) is 0 Å². The molecule has 0 radical (unpaired) electrons. The highest BCUT2D eigenvalue weighted by atomic mass is 16.5. The maximum absolute atomic E-state index is 6.30. The molecule has 3 nitrogen and oxygen atoms in total. The second kappa shape index (κ2) is 8.37. The van der Waals surface area contributed by atoms with Gasteiger partial charge in [-0.1, -0.05) is 48.0 Å². The number of hydrogen-bond acceptors (Lipinski definition) is 3. The van der Waals surface area contributed by atoms with Crippen molar-refractivity contribution in [3.05, 3.63) is 96.6 Å². The smallest absolute Gasteiger partial charge is 0.170 e. The molecule has 3 rings (SSSR count). The summed E-state index contributed by atoms with van der Waals surface area (Å²) in [6.07, 6.45) is 0.726. The van der Waals surface area contributed by atoms with Crippen molar-refractivity contribution in [3.63, 3.8) is 0 Å². The summed E-state index contributed by atoms with van der Waals surface area (Å²) >= 11 is 0. The fourth-order valence-electron chi connectivity index (χ4n) is 2.64. The Morgan fingerprint density at radius 3 is 1.92 bits per heavy atom. The van der Waals surface area contributed by atoms with Crippen LogP contribution in [0, 0.1) is 0 Å². The van der Waals surface area contributed by atoms with Crippen molar-refractivity contribution >= 4 is 0 Å². The van der Waals surface area contributed by atoms with Crippen molar-refractivity contribution < 1.29 is 9.47 Å². The molecular formula is C23H23NO2. The molecule has 0 aliphatic carbocycles. The molecule has 0 saturated carbocycles. The first-order valence-corrected chi connectivity index (χ1v) is 8.61. The van der Waals surface area contributed by atoms with Gasteiger partial charge in [-0.25, -0.2) is 0 Å². The maximum atomic E-state index is 6.30. The monoisotopic (exact) mass is 345 g/mol. The largest absolute Gasteiger partial charge is 0.453 e. The molecule has 0 bridgehead atoms. The van der Waals surface area contributed by atoms with E-state index in [4.69, 9.17) is 15.2 Å². The van der Waals surface area contributed by atoms with Crippen LogP contribution in [0.3, 0.4) is 0 Å². The van der Waals surface area contributed by atoms with E-state index in [1.54, 1.807) is 0 Å². The molecule has 0 heterocycles. The Labute approximate surface area is 154 Å². The molecule has 0 saturated heterocycles. The fraction of sp³-hybridized carbons (Fsp3) is 0.130. The van der Waals surface area contributed by atoms with Crippen molar-refractivity contribution in [2.45, 2.75) is 19.4 Å². The topological polar surface area (TPSA) is 44.5 Å². The number of para-hydroxylation sites is 2. The third kappa shape index (κ3) is 4.74. The predicted molar refractivity (Wildman–Crippen MR) is 106 cm³/mol. The highest BCUT2D eigenvalue weighted by molar-refractivity contribution is 5.48. The van der Waals surface area contributed by atoms with Crippen molar-refractivity contribution in [3.8, 4) is 23.0 Å². The zero-order valence-corrected chi connectivity index (χ0v) is 14.9. The van der Waals surface area contributed by atoms with Crippen LogP contribution in [0.2, 0.25) is 0 Å². The Morgan fingerprint density at radius 1 is 0.846 bits per heavy atom. The van der Waals surface area contributed by atoms with Gasteiger partial charge in [-0.15, -0.1) is 6.58 Å².